The number of fused-ring (bicyclic) bond motifs is 2. The van der Waals surface area contributed by atoms with Crippen LogP contribution in [0.3, 0.4) is 0 Å². The van der Waals surface area contributed by atoms with E-state index in [0.717, 1.165) is 35.0 Å². The number of nitrogen functional groups attached to an aromatic ring is 1. The largest absolute Gasteiger partial charge is 0.383 e. The molecule has 1 amide bonds. The third-order valence-electron chi connectivity index (χ3n) is 7.17. The van der Waals surface area contributed by atoms with E-state index in [4.69, 9.17) is 5.73 Å². The Morgan fingerprint density at radius 1 is 0.949 bits per heavy atom. The standard InChI is InChI=1S/C30H26N6O3/c1-35-16-23(26-27(31)32-17-33-28(26)35)18-11-13-19(14-12-18)34-29(38)22-15-21-24(9-5-6-10-25(21)37)36(30(22)39)20-7-3-2-4-8-20/h2-4,7-8,11-17H,5-6,9-10H2,1H3,(H,34,38)(H2,31,32,33). The number of benzene rings is 2. The van der Waals surface area contributed by atoms with Crippen LogP contribution in [0.5, 0.6) is 0 Å². The van der Waals surface area contributed by atoms with Gasteiger partial charge in [-0.1, -0.05) is 30.3 Å². The van der Waals surface area contributed by atoms with Crippen LogP contribution in [-0.2, 0) is 13.5 Å². The first-order chi connectivity index (χ1) is 18.9. The molecule has 0 aliphatic heterocycles. The summed E-state index contributed by atoms with van der Waals surface area (Å²) in [6.07, 6.45) is 5.91. The van der Waals surface area contributed by atoms with E-state index < -0.39 is 11.5 Å². The zero-order valence-electron chi connectivity index (χ0n) is 21.3. The number of aryl methyl sites for hydroxylation is 1. The quantitative estimate of drug-likeness (QED) is 0.337. The van der Waals surface area contributed by atoms with E-state index in [0.29, 0.717) is 41.3 Å². The summed E-state index contributed by atoms with van der Waals surface area (Å²) < 4.78 is 3.40. The van der Waals surface area contributed by atoms with Crippen molar-refractivity contribution >= 4 is 34.2 Å². The minimum absolute atomic E-state index is 0.0519. The van der Waals surface area contributed by atoms with Crippen LogP contribution in [0.2, 0.25) is 0 Å². The fraction of sp³-hybridized carbons (Fsp3) is 0.167. The maximum Gasteiger partial charge on any atom is 0.268 e. The van der Waals surface area contributed by atoms with Crippen molar-refractivity contribution in [2.75, 3.05) is 11.1 Å². The normalized spacial score (nSPS) is 13.2. The molecule has 0 atom stereocenters. The second-order valence-electron chi connectivity index (χ2n) is 9.67. The number of Topliss-reactive ketones (excluding diaryl/α,β-unsaturated/α-hetero) is 1. The fourth-order valence-electron chi connectivity index (χ4n) is 5.25. The molecule has 2 aromatic carbocycles. The van der Waals surface area contributed by atoms with Gasteiger partial charge in [-0.05, 0) is 55.2 Å². The number of nitrogens with one attached hydrogen (secondary N) is 1. The number of hydrogen-bond donors (Lipinski definition) is 2. The molecule has 0 unspecified atom stereocenters. The summed E-state index contributed by atoms with van der Waals surface area (Å²) in [5.74, 6) is -0.232. The summed E-state index contributed by atoms with van der Waals surface area (Å²) in [5, 5.41) is 3.59. The van der Waals surface area contributed by atoms with E-state index >= 15 is 0 Å². The molecule has 39 heavy (non-hydrogen) atoms. The van der Waals surface area contributed by atoms with E-state index in [9.17, 15) is 14.4 Å². The third kappa shape index (κ3) is 4.27. The molecule has 194 valence electrons. The lowest BCUT2D eigenvalue weighted by molar-refractivity contribution is 0.0981. The number of para-hydroxylation sites is 1. The van der Waals surface area contributed by atoms with E-state index in [-0.39, 0.29) is 11.3 Å². The van der Waals surface area contributed by atoms with Crippen LogP contribution in [0.25, 0.3) is 27.8 Å². The second kappa shape index (κ2) is 9.68. The zero-order chi connectivity index (χ0) is 27.1. The van der Waals surface area contributed by atoms with E-state index in [1.165, 1.54) is 17.0 Å². The molecule has 0 fully saturated rings. The van der Waals surface area contributed by atoms with Gasteiger partial charge >= 0.3 is 0 Å². The predicted molar refractivity (Wildman–Crippen MR) is 150 cm³/mol. The third-order valence-corrected chi connectivity index (χ3v) is 7.17. The summed E-state index contributed by atoms with van der Waals surface area (Å²) in [6, 6.07) is 17.8. The monoisotopic (exact) mass is 518 g/mol. The molecule has 1 aliphatic rings. The molecule has 3 aromatic heterocycles. The molecule has 3 N–H and O–H groups in total. The van der Waals surface area contributed by atoms with Gasteiger partial charge in [0.05, 0.1) is 5.39 Å². The van der Waals surface area contributed by atoms with Crippen molar-refractivity contribution < 1.29 is 9.59 Å². The van der Waals surface area contributed by atoms with E-state index in [2.05, 4.69) is 15.3 Å². The molecule has 6 rings (SSSR count). The summed E-state index contributed by atoms with van der Waals surface area (Å²) in [6.45, 7) is 0. The van der Waals surface area contributed by atoms with Gasteiger partial charge in [0.1, 0.15) is 23.4 Å². The van der Waals surface area contributed by atoms with Crippen LogP contribution in [0.4, 0.5) is 11.5 Å². The molecular formula is C30H26N6O3. The lowest BCUT2D eigenvalue weighted by Gasteiger charge is -2.17. The number of pyridine rings is 1. The average molecular weight is 519 g/mol. The van der Waals surface area contributed by atoms with Crippen LogP contribution in [0.15, 0.2) is 78.0 Å². The van der Waals surface area contributed by atoms with Crippen molar-refractivity contribution in [1.82, 2.24) is 19.1 Å². The van der Waals surface area contributed by atoms with Gasteiger partial charge in [0.15, 0.2) is 5.78 Å². The summed E-state index contributed by atoms with van der Waals surface area (Å²) in [4.78, 5) is 48.4. The van der Waals surface area contributed by atoms with Crippen molar-refractivity contribution in [2.24, 2.45) is 7.05 Å². The van der Waals surface area contributed by atoms with Gasteiger partial charge in [-0.25, -0.2) is 9.97 Å². The number of nitrogens with zero attached hydrogens (tertiary/aromatic N) is 4. The summed E-state index contributed by atoms with van der Waals surface area (Å²) in [7, 11) is 1.89. The van der Waals surface area contributed by atoms with Gasteiger partial charge in [-0.3, -0.25) is 19.0 Å². The highest BCUT2D eigenvalue weighted by atomic mass is 16.2. The topological polar surface area (TPSA) is 125 Å². The second-order valence-corrected chi connectivity index (χ2v) is 9.67. The van der Waals surface area contributed by atoms with Gasteiger partial charge in [0.2, 0.25) is 0 Å². The van der Waals surface area contributed by atoms with Crippen LogP contribution in [0, 0.1) is 0 Å². The highest BCUT2D eigenvalue weighted by molar-refractivity contribution is 6.07. The molecule has 9 heteroatoms. The van der Waals surface area contributed by atoms with Crippen molar-refractivity contribution in [3.05, 3.63) is 100 Å². The Kier molecular flexibility index (Phi) is 6.03. The number of rotatable bonds is 4. The number of hydrogen-bond acceptors (Lipinski definition) is 6. The fourth-order valence-corrected chi connectivity index (χ4v) is 5.25. The van der Waals surface area contributed by atoms with Crippen molar-refractivity contribution in [1.29, 1.82) is 0 Å². The Balaban J connectivity index is 1.36. The van der Waals surface area contributed by atoms with Gasteiger partial charge < -0.3 is 15.6 Å². The number of carbonyl (C=O) groups is 2. The minimum Gasteiger partial charge on any atom is -0.383 e. The number of ketones is 1. The first kappa shape index (κ1) is 24.3. The molecule has 1 aliphatic carbocycles. The molecule has 5 aromatic rings. The molecule has 9 nitrogen and oxygen atoms in total. The summed E-state index contributed by atoms with van der Waals surface area (Å²) in [5.41, 5.74) is 10.3. The van der Waals surface area contributed by atoms with Gasteiger partial charge in [0, 0.05) is 47.9 Å². The van der Waals surface area contributed by atoms with Gasteiger partial charge in [-0.2, -0.15) is 0 Å². The maximum atomic E-state index is 13.7. The highest BCUT2D eigenvalue weighted by Crippen LogP contribution is 2.32. The first-order valence-electron chi connectivity index (χ1n) is 12.8. The maximum absolute atomic E-state index is 13.7. The first-order valence-corrected chi connectivity index (χ1v) is 12.8. The molecule has 0 bridgehead atoms. The molecule has 0 radical (unpaired) electrons. The number of aromatic nitrogens is 4. The molecule has 0 saturated heterocycles. The zero-order valence-corrected chi connectivity index (χ0v) is 21.3. The Morgan fingerprint density at radius 2 is 1.69 bits per heavy atom. The van der Waals surface area contributed by atoms with E-state index in [1.807, 2.05) is 60.3 Å². The smallest absolute Gasteiger partial charge is 0.268 e. The number of nitrogens with two attached hydrogens (primary N) is 1. The lowest BCUT2D eigenvalue weighted by atomic mass is 10.0. The van der Waals surface area contributed by atoms with Crippen molar-refractivity contribution in [3.8, 4) is 16.8 Å². The van der Waals surface area contributed by atoms with Gasteiger partial charge in [0.25, 0.3) is 11.5 Å². The Hall–Kier alpha value is -5.05. The SMILES string of the molecule is Cn1cc(-c2ccc(NC(=O)c3cc4c(n(-c5ccccc5)c3=O)CCCCC4=O)cc2)c2c(N)ncnc21. The average Bonchev–Trinajstić information content (AvgIpc) is 3.18. The number of anilines is 2. The van der Waals surface area contributed by atoms with Crippen LogP contribution in [-0.4, -0.2) is 30.8 Å². The van der Waals surface area contributed by atoms with Crippen LogP contribution >= 0.6 is 0 Å². The van der Waals surface area contributed by atoms with Crippen LogP contribution in [0.1, 0.15) is 45.7 Å². The molecule has 3 heterocycles. The molecule has 0 spiro atoms. The Bertz CT molecular complexity index is 1800. The molecule has 0 saturated carbocycles. The van der Waals surface area contributed by atoms with Crippen LogP contribution < -0.4 is 16.6 Å². The number of carbonyl (C=O) groups excluding carboxylic acids is 2. The number of amides is 1. The van der Waals surface area contributed by atoms with E-state index in [1.54, 1.807) is 12.1 Å². The Labute approximate surface area is 223 Å². The summed E-state index contributed by atoms with van der Waals surface area (Å²) >= 11 is 0. The lowest BCUT2D eigenvalue weighted by Crippen LogP contribution is -2.32. The Morgan fingerprint density at radius 3 is 2.46 bits per heavy atom. The van der Waals surface area contributed by atoms with Crippen molar-refractivity contribution in [3.63, 3.8) is 0 Å². The predicted octanol–water partition coefficient (Wildman–Crippen LogP) is 4.53. The van der Waals surface area contributed by atoms with Crippen molar-refractivity contribution in [2.45, 2.75) is 25.7 Å². The minimum atomic E-state index is -0.569. The van der Waals surface area contributed by atoms with Gasteiger partial charge in [-0.15, -0.1) is 0 Å². The highest BCUT2D eigenvalue weighted by Gasteiger charge is 2.25. The molecular weight excluding hydrogens is 492 g/mol.